The molecule has 0 spiro atoms. The summed E-state index contributed by atoms with van der Waals surface area (Å²) in [5.41, 5.74) is 6.40. The van der Waals surface area contributed by atoms with E-state index in [4.69, 9.17) is 0 Å². The van der Waals surface area contributed by atoms with Gasteiger partial charge in [-0.15, -0.1) is 0 Å². The van der Waals surface area contributed by atoms with Crippen LogP contribution in [0.4, 0.5) is 11.4 Å². The molecule has 0 saturated carbocycles. The fraction of sp³-hybridized carbons (Fsp3) is 0.294. The molecule has 0 fully saturated rings. The highest BCUT2D eigenvalue weighted by Crippen LogP contribution is 2.36. The second kappa shape index (κ2) is 4.61. The average molecular weight is 252 g/mol. The van der Waals surface area contributed by atoms with Crippen molar-refractivity contribution in [1.29, 1.82) is 0 Å². The van der Waals surface area contributed by atoms with Gasteiger partial charge in [0.1, 0.15) is 0 Å². The lowest BCUT2D eigenvalue weighted by Crippen LogP contribution is -2.34. The van der Waals surface area contributed by atoms with Crippen molar-refractivity contribution in [2.75, 3.05) is 10.6 Å². The number of rotatable bonds is 1. The first kappa shape index (κ1) is 12.1. The molecule has 2 aromatic rings. The largest absolute Gasteiger partial charge is 0.378 e. The molecule has 0 unspecified atom stereocenters. The van der Waals surface area contributed by atoms with Gasteiger partial charge in [0.2, 0.25) is 0 Å². The highest BCUT2D eigenvalue weighted by Gasteiger charge is 2.25. The summed E-state index contributed by atoms with van der Waals surface area (Å²) in [5.74, 6) is 0. The van der Waals surface area contributed by atoms with Crippen molar-refractivity contribution < 1.29 is 0 Å². The number of hydrogen-bond donors (Lipinski definition) is 2. The lowest BCUT2D eigenvalue weighted by molar-refractivity contribution is 0.650. The van der Waals surface area contributed by atoms with Crippen molar-refractivity contribution in [2.24, 2.45) is 0 Å². The molecule has 0 bridgehead atoms. The first-order valence-corrected chi connectivity index (χ1v) is 6.84. The van der Waals surface area contributed by atoms with Crippen LogP contribution in [0.1, 0.15) is 29.7 Å². The van der Waals surface area contributed by atoms with Crippen LogP contribution < -0.4 is 10.6 Å². The Morgan fingerprint density at radius 2 is 1.42 bits per heavy atom. The Morgan fingerprint density at radius 3 is 2.05 bits per heavy atom. The molecule has 2 heteroatoms. The van der Waals surface area contributed by atoms with E-state index in [1.807, 2.05) is 0 Å². The first-order valence-electron chi connectivity index (χ1n) is 6.84. The Hall–Kier alpha value is -1.96. The van der Waals surface area contributed by atoms with Gasteiger partial charge < -0.3 is 10.6 Å². The van der Waals surface area contributed by atoms with E-state index in [2.05, 4.69) is 73.9 Å². The van der Waals surface area contributed by atoms with E-state index in [0.29, 0.717) is 12.1 Å². The Balaban J connectivity index is 1.98. The molecule has 0 saturated heterocycles. The summed E-state index contributed by atoms with van der Waals surface area (Å²) in [6.45, 7) is 6.54. The number of benzene rings is 2. The summed E-state index contributed by atoms with van der Waals surface area (Å²) in [6, 6.07) is 15.8. The summed E-state index contributed by atoms with van der Waals surface area (Å²) in [4.78, 5) is 0. The maximum Gasteiger partial charge on any atom is 0.0713 e. The van der Waals surface area contributed by atoms with Crippen LogP contribution in [0.25, 0.3) is 0 Å². The number of aryl methyl sites for hydroxylation is 2. The van der Waals surface area contributed by atoms with Gasteiger partial charge in [0.15, 0.2) is 0 Å². The standard InChI is InChI=1S/C17H20N2/c1-11-9-15-16(10-12(11)2)19-17(13(3)18-15)14-7-5-4-6-8-14/h4-10,13,17-19H,1-3H3/t13-,17-/m0/s1. The number of hydrogen-bond acceptors (Lipinski definition) is 2. The summed E-state index contributed by atoms with van der Waals surface area (Å²) in [7, 11) is 0. The molecule has 1 heterocycles. The lowest BCUT2D eigenvalue weighted by Gasteiger charge is -2.35. The van der Waals surface area contributed by atoms with Crippen molar-refractivity contribution in [3.05, 3.63) is 59.2 Å². The number of anilines is 2. The van der Waals surface area contributed by atoms with Gasteiger partial charge in [0.05, 0.1) is 17.4 Å². The zero-order valence-corrected chi connectivity index (χ0v) is 11.7. The van der Waals surface area contributed by atoms with Crippen molar-refractivity contribution in [2.45, 2.75) is 32.9 Å². The maximum absolute atomic E-state index is 3.67. The van der Waals surface area contributed by atoms with Gasteiger partial charge in [-0.2, -0.15) is 0 Å². The van der Waals surface area contributed by atoms with Crippen molar-refractivity contribution in [3.63, 3.8) is 0 Å². The monoisotopic (exact) mass is 252 g/mol. The molecule has 0 aliphatic carbocycles. The zero-order valence-electron chi connectivity index (χ0n) is 11.7. The third-order valence-electron chi connectivity index (χ3n) is 3.99. The predicted octanol–water partition coefficient (Wildman–Crippen LogP) is 4.27. The molecule has 2 nitrogen and oxygen atoms in total. The van der Waals surface area contributed by atoms with Crippen molar-refractivity contribution in [1.82, 2.24) is 0 Å². The molecule has 0 aromatic heterocycles. The zero-order chi connectivity index (χ0) is 13.4. The van der Waals surface area contributed by atoms with Crippen molar-refractivity contribution in [3.8, 4) is 0 Å². The quantitative estimate of drug-likeness (QED) is 0.792. The van der Waals surface area contributed by atoms with Crippen LogP contribution in [0.2, 0.25) is 0 Å². The predicted molar refractivity (Wildman–Crippen MR) is 81.8 cm³/mol. The third-order valence-corrected chi connectivity index (χ3v) is 3.99. The van der Waals surface area contributed by atoms with E-state index < -0.39 is 0 Å². The minimum Gasteiger partial charge on any atom is -0.378 e. The fourth-order valence-corrected chi connectivity index (χ4v) is 2.71. The second-order valence-corrected chi connectivity index (χ2v) is 5.45. The molecular formula is C17H20N2. The topological polar surface area (TPSA) is 24.1 Å². The summed E-state index contributed by atoms with van der Waals surface area (Å²) < 4.78 is 0. The molecule has 3 rings (SSSR count). The van der Waals surface area contributed by atoms with Gasteiger partial charge in [-0.05, 0) is 49.6 Å². The molecule has 1 aliphatic rings. The van der Waals surface area contributed by atoms with E-state index in [9.17, 15) is 0 Å². The van der Waals surface area contributed by atoms with E-state index >= 15 is 0 Å². The third kappa shape index (κ3) is 2.19. The highest BCUT2D eigenvalue weighted by atomic mass is 15.1. The molecule has 2 atom stereocenters. The van der Waals surface area contributed by atoms with Crippen LogP contribution in [-0.4, -0.2) is 6.04 Å². The first-order chi connectivity index (χ1) is 9.15. The number of fused-ring (bicyclic) bond motifs is 1. The van der Waals surface area contributed by atoms with E-state index in [1.54, 1.807) is 0 Å². The van der Waals surface area contributed by atoms with Gasteiger partial charge in [-0.3, -0.25) is 0 Å². The minimum atomic E-state index is 0.316. The van der Waals surface area contributed by atoms with Gasteiger partial charge in [-0.1, -0.05) is 30.3 Å². The summed E-state index contributed by atoms with van der Waals surface area (Å²) in [5, 5.41) is 7.28. The lowest BCUT2D eigenvalue weighted by atomic mass is 9.96. The summed E-state index contributed by atoms with van der Waals surface area (Å²) >= 11 is 0. The SMILES string of the molecule is Cc1cc2c(cc1C)N[C@H](c1ccccc1)[C@H](C)N2. The summed E-state index contributed by atoms with van der Waals surface area (Å²) in [6.07, 6.45) is 0. The van der Waals surface area contributed by atoms with E-state index in [-0.39, 0.29) is 0 Å². The van der Waals surface area contributed by atoms with Gasteiger partial charge in [0.25, 0.3) is 0 Å². The smallest absolute Gasteiger partial charge is 0.0713 e. The van der Waals surface area contributed by atoms with Crippen LogP contribution in [0.15, 0.2) is 42.5 Å². The number of nitrogens with one attached hydrogen (secondary N) is 2. The van der Waals surface area contributed by atoms with Crippen LogP contribution in [0.3, 0.4) is 0 Å². The van der Waals surface area contributed by atoms with Gasteiger partial charge in [-0.25, -0.2) is 0 Å². The normalized spacial score (nSPS) is 21.2. The Labute approximate surface area is 114 Å². The molecule has 2 aromatic carbocycles. The average Bonchev–Trinajstić information content (AvgIpc) is 2.41. The molecule has 98 valence electrons. The molecular weight excluding hydrogens is 232 g/mol. The molecule has 1 aliphatic heterocycles. The van der Waals surface area contributed by atoms with E-state index in [1.165, 1.54) is 28.1 Å². The Kier molecular flexibility index (Phi) is 2.94. The Bertz CT molecular complexity index is 590. The van der Waals surface area contributed by atoms with E-state index in [0.717, 1.165) is 0 Å². The van der Waals surface area contributed by atoms with Crippen LogP contribution in [-0.2, 0) is 0 Å². The molecule has 0 amide bonds. The highest BCUT2D eigenvalue weighted by molar-refractivity contribution is 5.74. The maximum atomic E-state index is 3.67. The van der Waals surface area contributed by atoms with Gasteiger partial charge in [0, 0.05) is 6.04 Å². The second-order valence-electron chi connectivity index (χ2n) is 5.45. The van der Waals surface area contributed by atoms with Crippen LogP contribution in [0.5, 0.6) is 0 Å². The van der Waals surface area contributed by atoms with Crippen LogP contribution in [0, 0.1) is 13.8 Å². The van der Waals surface area contributed by atoms with Crippen LogP contribution >= 0.6 is 0 Å². The van der Waals surface area contributed by atoms with Gasteiger partial charge >= 0.3 is 0 Å². The molecule has 19 heavy (non-hydrogen) atoms. The molecule has 2 N–H and O–H groups in total. The fourth-order valence-electron chi connectivity index (χ4n) is 2.71. The minimum absolute atomic E-state index is 0.316. The van der Waals surface area contributed by atoms with Crippen molar-refractivity contribution >= 4 is 11.4 Å². The molecule has 0 radical (unpaired) electrons. The Morgan fingerprint density at radius 1 is 0.842 bits per heavy atom.